The molecule has 0 saturated heterocycles. The number of halogens is 2. The van der Waals surface area contributed by atoms with E-state index < -0.39 is 5.92 Å². The molecule has 7 nitrogen and oxygen atoms in total. The maximum Gasteiger partial charge on any atom is 0.249 e. The van der Waals surface area contributed by atoms with E-state index in [9.17, 15) is 8.78 Å². The van der Waals surface area contributed by atoms with Crippen molar-refractivity contribution in [2.45, 2.75) is 64.5 Å². The van der Waals surface area contributed by atoms with Gasteiger partial charge in [0.1, 0.15) is 5.82 Å². The van der Waals surface area contributed by atoms with Crippen molar-refractivity contribution in [1.82, 2.24) is 29.1 Å². The number of rotatable bonds is 4. The van der Waals surface area contributed by atoms with E-state index in [2.05, 4.69) is 49.8 Å². The highest BCUT2D eigenvalue weighted by atomic mass is 19.3. The molecule has 6 rings (SSSR count). The van der Waals surface area contributed by atoms with Crippen LogP contribution in [0.3, 0.4) is 0 Å². The molecule has 0 bridgehead atoms. The number of imidazole rings is 1. The van der Waals surface area contributed by atoms with Crippen LogP contribution in [0.4, 0.5) is 14.7 Å². The minimum atomic E-state index is -2.47. The summed E-state index contributed by atoms with van der Waals surface area (Å²) in [5.74, 6) is -0.998. The molecule has 4 aromatic heterocycles. The quantitative estimate of drug-likeness (QED) is 0.485. The van der Waals surface area contributed by atoms with Crippen molar-refractivity contribution in [3.63, 3.8) is 0 Å². The number of anilines is 1. The van der Waals surface area contributed by atoms with Crippen LogP contribution in [-0.2, 0) is 0 Å². The maximum absolute atomic E-state index is 13.2. The molecule has 0 unspecified atom stereocenters. The number of pyridine rings is 1. The first-order valence-corrected chi connectivity index (χ1v) is 11.1. The molecule has 1 spiro atoms. The third kappa shape index (κ3) is 2.97. The first kappa shape index (κ1) is 19.6. The Balaban J connectivity index is 1.25. The summed E-state index contributed by atoms with van der Waals surface area (Å²) < 4.78 is 30.4. The number of nitrogens with zero attached hydrogens (tertiary/aromatic N) is 6. The Kier molecular flexibility index (Phi) is 3.95. The lowest BCUT2D eigenvalue weighted by molar-refractivity contribution is -0.193. The average Bonchev–Trinajstić information content (AvgIpc) is 3.24. The standard InChI is InChI=1S/C23H25F2N7/c1-13(2)32-14(3)28-20-18(32)6-15(9-26-20)17-4-5-31-19(17)10-27-21(30-31)29-16-7-22(8-16)11-23(24,25)12-22/h4-6,9-10,13,16H,7-8,11-12H2,1-3H3,(H,29,30). The number of fused-ring (bicyclic) bond motifs is 2. The lowest BCUT2D eigenvalue weighted by Gasteiger charge is -2.57. The van der Waals surface area contributed by atoms with Crippen molar-refractivity contribution < 1.29 is 8.78 Å². The molecule has 0 atom stereocenters. The van der Waals surface area contributed by atoms with Gasteiger partial charge in [0.15, 0.2) is 5.65 Å². The Morgan fingerprint density at radius 3 is 2.62 bits per heavy atom. The maximum atomic E-state index is 13.2. The van der Waals surface area contributed by atoms with Gasteiger partial charge in [0.25, 0.3) is 0 Å². The average molecular weight is 437 g/mol. The van der Waals surface area contributed by atoms with Crippen molar-refractivity contribution in [2.75, 3.05) is 5.32 Å². The smallest absolute Gasteiger partial charge is 0.249 e. The second-order valence-corrected chi connectivity index (χ2v) is 9.79. The molecule has 2 fully saturated rings. The normalized spacial score (nSPS) is 19.6. The molecule has 0 radical (unpaired) electrons. The van der Waals surface area contributed by atoms with Crippen molar-refractivity contribution >= 4 is 22.6 Å². The van der Waals surface area contributed by atoms with Crippen molar-refractivity contribution in [3.8, 4) is 11.1 Å². The van der Waals surface area contributed by atoms with E-state index in [0.29, 0.717) is 5.95 Å². The van der Waals surface area contributed by atoms with Crippen LogP contribution in [0, 0.1) is 12.3 Å². The number of hydrogen-bond donors (Lipinski definition) is 1. The van der Waals surface area contributed by atoms with Gasteiger partial charge in [-0.15, -0.1) is 5.10 Å². The van der Waals surface area contributed by atoms with Gasteiger partial charge < -0.3 is 9.88 Å². The summed E-state index contributed by atoms with van der Waals surface area (Å²) in [5, 5.41) is 7.89. The van der Waals surface area contributed by atoms with Gasteiger partial charge in [-0.05, 0) is 51.2 Å². The van der Waals surface area contributed by atoms with Crippen LogP contribution in [0.2, 0.25) is 0 Å². The van der Waals surface area contributed by atoms with Gasteiger partial charge in [-0.25, -0.2) is 28.2 Å². The Morgan fingerprint density at radius 1 is 1.12 bits per heavy atom. The van der Waals surface area contributed by atoms with Gasteiger partial charge in [0.2, 0.25) is 11.9 Å². The van der Waals surface area contributed by atoms with E-state index >= 15 is 0 Å². The van der Waals surface area contributed by atoms with Crippen LogP contribution in [0.25, 0.3) is 27.8 Å². The summed E-state index contributed by atoms with van der Waals surface area (Å²) in [6, 6.07) is 4.57. The van der Waals surface area contributed by atoms with Crippen LogP contribution in [0.15, 0.2) is 30.7 Å². The zero-order valence-electron chi connectivity index (χ0n) is 18.3. The van der Waals surface area contributed by atoms with Crippen LogP contribution < -0.4 is 5.32 Å². The molecule has 2 saturated carbocycles. The zero-order valence-corrected chi connectivity index (χ0v) is 18.3. The highest BCUT2D eigenvalue weighted by Crippen LogP contribution is 2.62. The fourth-order valence-electron chi connectivity index (χ4n) is 5.70. The predicted molar refractivity (Wildman–Crippen MR) is 118 cm³/mol. The Hall–Kier alpha value is -3.10. The lowest BCUT2D eigenvalue weighted by atomic mass is 9.52. The molecule has 2 aliphatic rings. The van der Waals surface area contributed by atoms with E-state index in [1.54, 1.807) is 10.7 Å². The SMILES string of the molecule is Cc1nc2ncc(-c3ccn4nc(NC5CC6(C5)CC(F)(F)C6)ncc34)cc2n1C(C)C. The summed E-state index contributed by atoms with van der Waals surface area (Å²) in [4.78, 5) is 13.6. The van der Waals surface area contributed by atoms with Crippen LogP contribution in [0.5, 0.6) is 0 Å². The Bertz CT molecular complexity index is 1340. The summed E-state index contributed by atoms with van der Waals surface area (Å²) in [5.41, 5.74) is 4.45. The van der Waals surface area contributed by atoms with Crippen LogP contribution in [-0.4, -0.2) is 41.1 Å². The first-order chi connectivity index (χ1) is 15.2. The number of aryl methyl sites for hydroxylation is 1. The summed E-state index contributed by atoms with van der Waals surface area (Å²) in [6.45, 7) is 6.27. The Morgan fingerprint density at radius 2 is 1.91 bits per heavy atom. The fourth-order valence-corrected chi connectivity index (χ4v) is 5.70. The third-order valence-electron chi connectivity index (χ3n) is 6.93. The molecule has 4 heterocycles. The summed E-state index contributed by atoms with van der Waals surface area (Å²) in [7, 11) is 0. The first-order valence-electron chi connectivity index (χ1n) is 11.1. The van der Waals surface area contributed by atoms with E-state index in [-0.39, 0.29) is 30.3 Å². The number of nitrogens with one attached hydrogen (secondary N) is 1. The van der Waals surface area contributed by atoms with Crippen molar-refractivity contribution in [3.05, 3.63) is 36.5 Å². The van der Waals surface area contributed by atoms with E-state index in [1.165, 1.54) is 0 Å². The molecular formula is C23H25F2N7. The third-order valence-corrected chi connectivity index (χ3v) is 6.93. The van der Waals surface area contributed by atoms with Crippen LogP contribution >= 0.6 is 0 Å². The highest BCUT2D eigenvalue weighted by molar-refractivity contribution is 5.85. The molecular weight excluding hydrogens is 412 g/mol. The van der Waals surface area contributed by atoms with Gasteiger partial charge in [-0.1, -0.05) is 0 Å². The molecule has 0 aliphatic heterocycles. The molecule has 0 amide bonds. The molecule has 4 aromatic rings. The number of hydrogen-bond acceptors (Lipinski definition) is 5. The zero-order chi connectivity index (χ0) is 22.3. The second kappa shape index (κ2) is 6.46. The topological polar surface area (TPSA) is 72.9 Å². The largest absolute Gasteiger partial charge is 0.350 e. The van der Waals surface area contributed by atoms with Gasteiger partial charge >= 0.3 is 0 Å². The predicted octanol–water partition coefficient (Wildman–Crippen LogP) is 5.02. The number of alkyl halides is 2. The van der Waals surface area contributed by atoms with Crippen LogP contribution in [0.1, 0.15) is 51.4 Å². The lowest BCUT2D eigenvalue weighted by Crippen LogP contribution is -2.57. The van der Waals surface area contributed by atoms with Gasteiger partial charge in [0, 0.05) is 48.4 Å². The van der Waals surface area contributed by atoms with E-state index in [1.807, 2.05) is 25.4 Å². The number of aromatic nitrogens is 6. The second-order valence-electron chi connectivity index (χ2n) is 9.79. The summed E-state index contributed by atoms with van der Waals surface area (Å²) >= 11 is 0. The van der Waals surface area contributed by atoms with Gasteiger partial charge in [-0.3, -0.25) is 0 Å². The Labute approximate surface area is 183 Å². The van der Waals surface area contributed by atoms with Crippen molar-refractivity contribution in [1.29, 1.82) is 0 Å². The molecule has 0 aromatic carbocycles. The fraction of sp³-hybridized carbons (Fsp3) is 0.478. The van der Waals surface area contributed by atoms with Crippen molar-refractivity contribution in [2.24, 2.45) is 5.41 Å². The molecule has 2 aliphatic carbocycles. The van der Waals surface area contributed by atoms with E-state index in [4.69, 9.17) is 0 Å². The molecule has 32 heavy (non-hydrogen) atoms. The minimum Gasteiger partial charge on any atom is -0.350 e. The monoisotopic (exact) mass is 437 g/mol. The van der Waals surface area contributed by atoms with Gasteiger partial charge in [-0.2, -0.15) is 0 Å². The summed E-state index contributed by atoms with van der Waals surface area (Å²) in [6.07, 6.45) is 7.10. The molecule has 9 heteroatoms. The minimum absolute atomic E-state index is 0.0205. The van der Waals surface area contributed by atoms with Gasteiger partial charge in [0.05, 0.1) is 17.2 Å². The van der Waals surface area contributed by atoms with E-state index in [0.717, 1.165) is 46.5 Å². The molecule has 166 valence electrons. The highest BCUT2D eigenvalue weighted by Gasteiger charge is 2.61. The molecule has 1 N–H and O–H groups in total.